The number of aromatic nitrogens is 2. The number of aromatic amines is 1. The van der Waals surface area contributed by atoms with E-state index < -0.39 is 0 Å². The first-order chi connectivity index (χ1) is 8.16. The molecule has 0 saturated heterocycles. The summed E-state index contributed by atoms with van der Waals surface area (Å²) in [7, 11) is 3.94. The van der Waals surface area contributed by atoms with Crippen molar-refractivity contribution in [2.24, 2.45) is 0 Å². The lowest BCUT2D eigenvalue weighted by Crippen LogP contribution is -2.09. The van der Waals surface area contributed by atoms with Crippen LogP contribution >= 0.6 is 11.6 Å². The zero-order chi connectivity index (χ0) is 12.3. The predicted molar refractivity (Wildman–Crippen MR) is 71.7 cm³/mol. The van der Waals surface area contributed by atoms with Crippen molar-refractivity contribution in [3.8, 4) is 0 Å². The average molecular weight is 251 g/mol. The number of rotatable bonds is 4. The summed E-state index contributed by atoms with van der Waals surface area (Å²) < 4.78 is 0. The van der Waals surface area contributed by atoms with Crippen LogP contribution in [0.25, 0.3) is 0 Å². The molecule has 2 N–H and O–H groups in total. The number of nitrogens with one attached hydrogen (secondary N) is 2. The summed E-state index contributed by atoms with van der Waals surface area (Å²) in [5, 5.41) is 4.02. The van der Waals surface area contributed by atoms with Crippen LogP contribution in [-0.4, -0.2) is 24.1 Å². The van der Waals surface area contributed by atoms with Gasteiger partial charge < -0.3 is 15.2 Å². The Hall–Kier alpha value is -1.68. The molecule has 5 heteroatoms. The quantitative estimate of drug-likeness (QED) is 0.877. The van der Waals surface area contributed by atoms with E-state index in [1.165, 1.54) is 0 Å². The minimum Gasteiger partial charge on any atom is -0.379 e. The number of imidazole rings is 1. The van der Waals surface area contributed by atoms with Gasteiger partial charge >= 0.3 is 0 Å². The van der Waals surface area contributed by atoms with Crippen molar-refractivity contribution in [3.05, 3.63) is 41.4 Å². The maximum absolute atomic E-state index is 6.18. The number of hydrogen-bond acceptors (Lipinski definition) is 3. The lowest BCUT2D eigenvalue weighted by molar-refractivity contribution is 1.07. The highest BCUT2D eigenvalue weighted by molar-refractivity contribution is 6.33. The first-order valence-electron chi connectivity index (χ1n) is 5.35. The van der Waals surface area contributed by atoms with Crippen molar-refractivity contribution in [1.82, 2.24) is 9.97 Å². The molecule has 0 fully saturated rings. The molecule has 0 amide bonds. The summed E-state index contributed by atoms with van der Waals surface area (Å²) in [6.45, 7) is 0.706. The average Bonchev–Trinajstić information content (AvgIpc) is 2.78. The molecule has 4 nitrogen and oxygen atoms in total. The van der Waals surface area contributed by atoms with Gasteiger partial charge in [-0.25, -0.2) is 4.98 Å². The summed E-state index contributed by atoms with van der Waals surface area (Å²) in [6.07, 6.45) is 3.46. The zero-order valence-electron chi connectivity index (χ0n) is 9.87. The van der Waals surface area contributed by atoms with Crippen LogP contribution in [0.2, 0.25) is 5.02 Å². The number of H-pyrrole nitrogens is 1. The van der Waals surface area contributed by atoms with E-state index in [-0.39, 0.29) is 0 Å². The Labute approximate surface area is 106 Å². The molecule has 2 aromatic rings. The summed E-state index contributed by atoms with van der Waals surface area (Å²) in [5.41, 5.74) is 3.05. The third-order valence-electron chi connectivity index (χ3n) is 2.47. The van der Waals surface area contributed by atoms with Gasteiger partial charge in [-0.05, 0) is 18.2 Å². The van der Waals surface area contributed by atoms with E-state index >= 15 is 0 Å². The van der Waals surface area contributed by atoms with E-state index in [0.717, 1.165) is 22.1 Å². The maximum atomic E-state index is 6.18. The van der Waals surface area contributed by atoms with Crippen LogP contribution in [-0.2, 0) is 6.54 Å². The molecule has 2 rings (SSSR count). The molecule has 0 unspecified atom stereocenters. The lowest BCUT2D eigenvalue weighted by atomic mass is 10.2. The van der Waals surface area contributed by atoms with E-state index in [9.17, 15) is 0 Å². The van der Waals surface area contributed by atoms with Crippen molar-refractivity contribution in [1.29, 1.82) is 0 Å². The van der Waals surface area contributed by atoms with Crippen molar-refractivity contribution in [2.75, 3.05) is 24.3 Å². The number of hydrogen-bond donors (Lipinski definition) is 2. The van der Waals surface area contributed by atoms with Crippen molar-refractivity contribution < 1.29 is 0 Å². The van der Waals surface area contributed by atoms with Crippen LogP contribution in [0.3, 0.4) is 0 Å². The fraction of sp³-hybridized carbons (Fsp3) is 0.250. The summed E-state index contributed by atoms with van der Waals surface area (Å²) in [4.78, 5) is 8.98. The summed E-state index contributed by atoms with van der Waals surface area (Å²) >= 11 is 6.18. The van der Waals surface area contributed by atoms with Crippen LogP contribution < -0.4 is 10.2 Å². The van der Waals surface area contributed by atoms with Gasteiger partial charge in [0.1, 0.15) is 0 Å². The van der Waals surface area contributed by atoms with Gasteiger partial charge in [0.15, 0.2) is 0 Å². The van der Waals surface area contributed by atoms with E-state index in [1.54, 1.807) is 12.5 Å². The Morgan fingerprint density at radius 2 is 2.24 bits per heavy atom. The molecule has 0 bridgehead atoms. The normalized spacial score (nSPS) is 10.3. The second-order valence-corrected chi connectivity index (χ2v) is 4.40. The van der Waals surface area contributed by atoms with E-state index in [0.29, 0.717) is 6.54 Å². The first kappa shape index (κ1) is 11.8. The number of anilines is 2. The van der Waals surface area contributed by atoms with Crippen LogP contribution in [0, 0.1) is 0 Å². The molecule has 0 saturated carbocycles. The third kappa shape index (κ3) is 2.91. The molecule has 0 radical (unpaired) electrons. The molecule has 0 aliphatic carbocycles. The van der Waals surface area contributed by atoms with Gasteiger partial charge in [-0.15, -0.1) is 0 Å². The van der Waals surface area contributed by atoms with Crippen LogP contribution in [0.4, 0.5) is 11.4 Å². The fourth-order valence-electron chi connectivity index (χ4n) is 1.56. The second kappa shape index (κ2) is 5.10. The van der Waals surface area contributed by atoms with Gasteiger partial charge in [-0.3, -0.25) is 0 Å². The predicted octanol–water partition coefficient (Wildman–Crippen LogP) is 2.74. The molecule has 0 aliphatic rings. The monoisotopic (exact) mass is 250 g/mol. The van der Waals surface area contributed by atoms with Crippen molar-refractivity contribution in [2.45, 2.75) is 6.54 Å². The number of halogens is 1. The molecule has 1 aromatic carbocycles. The highest BCUT2D eigenvalue weighted by atomic mass is 35.5. The van der Waals surface area contributed by atoms with E-state index in [4.69, 9.17) is 11.6 Å². The second-order valence-electron chi connectivity index (χ2n) is 3.99. The smallest absolute Gasteiger partial charge is 0.0922 e. The van der Waals surface area contributed by atoms with E-state index in [2.05, 4.69) is 15.3 Å². The Morgan fingerprint density at radius 1 is 1.41 bits per heavy atom. The highest BCUT2D eigenvalue weighted by Crippen LogP contribution is 2.27. The molecule has 1 heterocycles. The Bertz CT molecular complexity index is 479. The van der Waals surface area contributed by atoms with Gasteiger partial charge in [0, 0.05) is 26.0 Å². The number of nitrogens with zero attached hydrogens (tertiary/aromatic N) is 2. The standard InChI is InChI=1S/C12H15ClN4/c1-17(2)12-4-3-9(5-11(12)13)15-7-10-6-14-8-16-10/h3-6,8,15H,7H2,1-2H3,(H,14,16). The molecule has 17 heavy (non-hydrogen) atoms. The van der Waals surface area contributed by atoms with Crippen LogP contribution in [0.5, 0.6) is 0 Å². The highest BCUT2D eigenvalue weighted by Gasteiger charge is 2.03. The molecular weight excluding hydrogens is 236 g/mol. The largest absolute Gasteiger partial charge is 0.379 e. The fourth-order valence-corrected chi connectivity index (χ4v) is 1.91. The summed E-state index contributed by atoms with van der Waals surface area (Å²) in [5.74, 6) is 0. The molecule has 0 aliphatic heterocycles. The Kier molecular flexibility index (Phi) is 3.54. The van der Waals surface area contributed by atoms with Crippen molar-refractivity contribution in [3.63, 3.8) is 0 Å². The molecule has 0 atom stereocenters. The third-order valence-corrected chi connectivity index (χ3v) is 2.77. The maximum Gasteiger partial charge on any atom is 0.0922 e. The molecule has 0 spiro atoms. The zero-order valence-corrected chi connectivity index (χ0v) is 10.6. The van der Waals surface area contributed by atoms with Crippen LogP contribution in [0.1, 0.15) is 5.69 Å². The topological polar surface area (TPSA) is 44.0 Å². The summed E-state index contributed by atoms with van der Waals surface area (Å²) in [6, 6.07) is 5.93. The minimum absolute atomic E-state index is 0.706. The van der Waals surface area contributed by atoms with Crippen molar-refractivity contribution >= 4 is 23.0 Å². The van der Waals surface area contributed by atoms with Gasteiger partial charge in [0.05, 0.1) is 29.3 Å². The lowest BCUT2D eigenvalue weighted by Gasteiger charge is -2.15. The van der Waals surface area contributed by atoms with Crippen LogP contribution in [0.15, 0.2) is 30.7 Å². The minimum atomic E-state index is 0.706. The molecule has 1 aromatic heterocycles. The van der Waals surface area contributed by atoms with Gasteiger partial charge in [0.2, 0.25) is 0 Å². The van der Waals surface area contributed by atoms with E-state index in [1.807, 2.05) is 37.2 Å². The SMILES string of the molecule is CN(C)c1ccc(NCc2cnc[nH]2)cc1Cl. The Balaban J connectivity index is 2.05. The molecular formula is C12H15ClN4. The Morgan fingerprint density at radius 3 is 2.82 bits per heavy atom. The van der Waals surface area contributed by atoms with Gasteiger partial charge in [-0.2, -0.15) is 0 Å². The molecule has 90 valence electrons. The first-order valence-corrected chi connectivity index (χ1v) is 5.72. The number of benzene rings is 1. The van der Waals surface area contributed by atoms with Gasteiger partial charge in [-0.1, -0.05) is 11.6 Å². The van der Waals surface area contributed by atoms with Gasteiger partial charge in [0.25, 0.3) is 0 Å².